The van der Waals surface area contributed by atoms with Crippen molar-refractivity contribution in [3.8, 4) is 5.75 Å². The SMILES string of the molecule is COc1cccc(Cl)c1C(NCc1ccccc1)C(=O)O. The van der Waals surface area contributed by atoms with Crippen molar-refractivity contribution < 1.29 is 14.6 Å². The van der Waals surface area contributed by atoms with E-state index in [2.05, 4.69) is 5.32 Å². The summed E-state index contributed by atoms with van der Waals surface area (Å²) in [5.74, 6) is -0.548. The molecule has 0 radical (unpaired) electrons. The van der Waals surface area contributed by atoms with Crippen LogP contribution in [-0.4, -0.2) is 18.2 Å². The van der Waals surface area contributed by atoms with Crippen molar-refractivity contribution >= 4 is 17.6 Å². The number of hydrogen-bond donors (Lipinski definition) is 2. The first-order valence-corrected chi connectivity index (χ1v) is 6.83. The lowest BCUT2D eigenvalue weighted by Gasteiger charge is -2.19. The van der Waals surface area contributed by atoms with Gasteiger partial charge in [-0.05, 0) is 17.7 Å². The molecule has 4 nitrogen and oxygen atoms in total. The van der Waals surface area contributed by atoms with E-state index in [4.69, 9.17) is 16.3 Å². The van der Waals surface area contributed by atoms with Crippen LogP contribution in [0.3, 0.4) is 0 Å². The van der Waals surface area contributed by atoms with E-state index in [0.717, 1.165) is 5.56 Å². The van der Waals surface area contributed by atoms with Crippen LogP contribution in [0.5, 0.6) is 5.75 Å². The zero-order valence-corrected chi connectivity index (χ0v) is 12.3. The summed E-state index contributed by atoms with van der Waals surface area (Å²) in [6.45, 7) is 0.423. The number of benzene rings is 2. The summed E-state index contributed by atoms with van der Waals surface area (Å²) in [7, 11) is 1.49. The summed E-state index contributed by atoms with van der Waals surface area (Å²) in [5, 5.41) is 12.8. The van der Waals surface area contributed by atoms with Gasteiger partial charge in [-0.3, -0.25) is 10.1 Å². The van der Waals surface area contributed by atoms with Crippen LogP contribution in [0.25, 0.3) is 0 Å². The number of halogens is 1. The maximum absolute atomic E-state index is 11.6. The fourth-order valence-electron chi connectivity index (χ4n) is 2.10. The minimum Gasteiger partial charge on any atom is -0.496 e. The van der Waals surface area contributed by atoms with Crippen LogP contribution < -0.4 is 10.1 Å². The third kappa shape index (κ3) is 3.74. The molecule has 21 heavy (non-hydrogen) atoms. The average molecular weight is 306 g/mol. The molecule has 0 bridgehead atoms. The molecular weight excluding hydrogens is 290 g/mol. The highest BCUT2D eigenvalue weighted by Crippen LogP contribution is 2.32. The molecular formula is C16H16ClNO3. The molecule has 110 valence electrons. The van der Waals surface area contributed by atoms with Crippen molar-refractivity contribution in [2.45, 2.75) is 12.6 Å². The number of rotatable bonds is 6. The molecule has 2 aromatic carbocycles. The zero-order chi connectivity index (χ0) is 15.2. The molecule has 0 aliphatic rings. The van der Waals surface area contributed by atoms with Gasteiger partial charge < -0.3 is 9.84 Å². The van der Waals surface area contributed by atoms with Crippen LogP contribution in [-0.2, 0) is 11.3 Å². The van der Waals surface area contributed by atoms with Gasteiger partial charge in [0.2, 0.25) is 0 Å². The number of carboxylic acid groups (broad SMARTS) is 1. The highest BCUT2D eigenvalue weighted by atomic mass is 35.5. The Labute approximate surface area is 128 Å². The average Bonchev–Trinajstić information content (AvgIpc) is 2.49. The molecule has 2 rings (SSSR count). The second-order valence-corrected chi connectivity index (χ2v) is 4.90. The Morgan fingerprint density at radius 3 is 2.57 bits per heavy atom. The predicted molar refractivity (Wildman–Crippen MR) is 81.7 cm³/mol. The van der Waals surface area contributed by atoms with Crippen molar-refractivity contribution in [1.82, 2.24) is 5.32 Å². The highest BCUT2D eigenvalue weighted by Gasteiger charge is 2.25. The number of methoxy groups -OCH3 is 1. The molecule has 0 fully saturated rings. The quantitative estimate of drug-likeness (QED) is 0.860. The van der Waals surface area contributed by atoms with E-state index in [1.807, 2.05) is 30.3 Å². The van der Waals surface area contributed by atoms with Gasteiger partial charge in [-0.1, -0.05) is 48.0 Å². The lowest BCUT2D eigenvalue weighted by atomic mass is 10.0. The summed E-state index contributed by atoms with van der Waals surface area (Å²) in [6.07, 6.45) is 0. The lowest BCUT2D eigenvalue weighted by Crippen LogP contribution is -2.28. The topological polar surface area (TPSA) is 58.6 Å². The Hall–Kier alpha value is -2.04. The molecule has 1 atom stereocenters. The summed E-state index contributed by atoms with van der Waals surface area (Å²) in [6, 6.07) is 13.7. The van der Waals surface area contributed by atoms with Gasteiger partial charge in [0.25, 0.3) is 0 Å². The molecule has 5 heteroatoms. The van der Waals surface area contributed by atoms with Crippen LogP contribution >= 0.6 is 11.6 Å². The Morgan fingerprint density at radius 1 is 1.24 bits per heavy atom. The van der Waals surface area contributed by atoms with Crippen LogP contribution in [0.1, 0.15) is 17.2 Å². The largest absolute Gasteiger partial charge is 0.496 e. The highest BCUT2D eigenvalue weighted by molar-refractivity contribution is 6.31. The van der Waals surface area contributed by atoms with E-state index in [0.29, 0.717) is 22.9 Å². The molecule has 1 unspecified atom stereocenters. The predicted octanol–water partition coefficient (Wildman–Crippen LogP) is 3.26. The Morgan fingerprint density at radius 2 is 1.95 bits per heavy atom. The maximum Gasteiger partial charge on any atom is 0.325 e. The molecule has 0 heterocycles. The molecule has 0 spiro atoms. The number of nitrogens with one attached hydrogen (secondary N) is 1. The first-order valence-electron chi connectivity index (χ1n) is 6.46. The lowest BCUT2D eigenvalue weighted by molar-refractivity contribution is -0.139. The van der Waals surface area contributed by atoms with Crippen molar-refractivity contribution in [1.29, 1.82) is 0 Å². The smallest absolute Gasteiger partial charge is 0.325 e. The standard InChI is InChI=1S/C16H16ClNO3/c1-21-13-9-5-8-12(17)14(13)15(16(19)20)18-10-11-6-3-2-4-7-11/h2-9,15,18H,10H2,1H3,(H,19,20). The van der Waals surface area contributed by atoms with Crippen LogP contribution in [0, 0.1) is 0 Å². The second kappa shape index (κ2) is 7.11. The van der Waals surface area contributed by atoms with Gasteiger partial charge in [0.1, 0.15) is 11.8 Å². The Balaban J connectivity index is 2.26. The van der Waals surface area contributed by atoms with Crippen molar-refractivity contribution in [2.24, 2.45) is 0 Å². The minimum atomic E-state index is -1.00. The Bertz CT molecular complexity index is 616. The number of carboxylic acids is 1. The molecule has 0 aromatic heterocycles. The van der Waals surface area contributed by atoms with E-state index in [9.17, 15) is 9.90 Å². The van der Waals surface area contributed by atoms with Crippen LogP contribution in [0.4, 0.5) is 0 Å². The maximum atomic E-state index is 11.6. The molecule has 2 aromatic rings. The van der Waals surface area contributed by atoms with E-state index in [1.165, 1.54) is 7.11 Å². The van der Waals surface area contributed by atoms with Crippen LogP contribution in [0.15, 0.2) is 48.5 Å². The number of ether oxygens (including phenoxy) is 1. The first kappa shape index (κ1) is 15.4. The molecule has 2 N–H and O–H groups in total. The number of aliphatic carboxylic acids is 1. The fourth-order valence-corrected chi connectivity index (χ4v) is 2.38. The Kier molecular flexibility index (Phi) is 5.20. The van der Waals surface area contributed by atoms with Crippen molar-refractivity contribution in [2.75, 3.05) is 7.11 Å². The van der Waals surface area contributed by atoms with E-state index in [-0.39, 0.29) is 0 Å². The summed E-state index contributed by atoms with van der Waals surface area (Å²) in [5.41, 5.74) is 1.43. The third-order valence-electron chi connectivity index (χ3n) is 3.12. The van der Waals surface area contributed by atoms with E-state index in [1.54, 1.807) is 18.2 Å². The molecule has 0 amide bonds. The molecule has 0 saturated heterocycles. The second-order valence-electron chi connectivity index (χ2n) is 4.49. The van der Waals surface area contributed by atoms with Gasteiger partial charge in [0.05, 0.1) is 7.11 Å². The summed E-state index contributed by atoms with van der Waals surface area (Å²) < 4.78 is 5.22. The van der Waals surface area contributed by atoms with Crippen LogP contribution in [0.2, 0.25) is 5.02 Å². The van der Waals surface area contributed by atoms with Gasteiger partial charge in [-0.2, -0.15) is 0 Å². The van der Waals surface area contributed by atoms with Crippen molar-refractivity contribution in [3.63, 3.8) is 0 Å². The monoisotopic (exact) mass is 305 g/mol. The van der Waals surface area contributed by atoms with Gasteiger partial charge in [0, 0.05) is 17.1 Å². The fraction of sp³-hybridized carbons (Fsp3) is 0.188. The van der Waals surface area contributed by atoms with E-state index >= 15 is 0 Å². The number of carbonyl (C=O) groups is 1. The minimum absolute atomic E-state index is 0.363. The van der Waals surface area contributed by atoms with Gasteiger partial charge >= 0.3 is 5.97 Å². The number of hydrogen-bond acceptors (Lipinski definition) is 3. The molecule has 0 saturated carbocycles. The van der Waals surface area contributed by atoms with Crippen molar-refractivity contribution in [3.05, 3.63) is 64.7 Å². The summed E-state index contributed by atoms with van der Waals surface area (Å²) in [4.78, 5) is 11.6. The summed E-state index contributed by atoms with van der Waals surface area (Å²) >= 11 is 6.15. The molecule has 0 aliphatic carbocycles. The van der Waals surface area contributed by atoms with Gasteiger partial charge in [-0.15, -0.1) is 0 Å². The first-order chi connectivity index (χ1) is 10.1. The third-order valence-corrected chi connectivity index (χ3v) is 3.45. The van der Waals surface area contributed by atoms with Gasteiger partial charge in [-0.25, -0.2) is 0 Å². The zero-order valence-electron chi connectivity index (χ0n) is 11.5. The van der Waals surface area contributed by atoms with Gasteiger partial charge in [0.15, 0.2) is 0 Å². The molecule has 0 aliphatic heterocycles. The van der Waals surface area contributed by atoms with E-state index < -0.39 is 12.0 Å². The normalized spacial score (nSPS) is 11.9.